The minimum atomic E-state index is 0.813. The number of nitrogens with one attached hydrogen (secondary N) is 2. The van der Waals surface area contributed by atoms with Gasteiger partial charge in [0.15, 0.2) is 0 Å². The molecular formula is C11H18N6. The Morgan fingerprint density at radius 1 is 1.41 bits per heavy atom. The second-order valence-electron chi connectivity index (χ2n) is 4.15. The maximum absolute atomic E-state index is 4.01. The van der Waals surface area contributed by atoms with Crippen molar-refractivity contribution in [3.05, 3.63) is 29.3 Å². The summed E-state index contributed by atoms with van der Waals surface area (Å²) in [6.07, 6.45) is 5.85. The number of H-pyrrole nitrogens is 1. The largest absolute Gasteiger partial charge is 0.311 e. The molecule has 2 rings (SSSR count). The number of nitrogens with zero attached hydrogens (tertiary/aromatic N) is 4. The predicted octanol–water partition coefficient (Wildman–Crippen LogP) is 0.569. The molecule has 0 fully saturated rings. The lowest BCUT2D eigenvalue weighted by Crippen LogP contribution is -2.17. The highest BCUT2D eigenvalue weighted by atomic mass is 15.4. The number of aromatic amines is 1. The van der Waals surface area contributed by atoms with Crippen LogP contribution in [-0.4, -0.2) is 31.7 Å². The fraction of sp³-hybridized carbons (Fsp3) is 0.545. The van der Waals surface area contributed by atoms with E-state index in [1.54, 1.807) is 10.9 Å². The zero-order chi connectivity index (χ0) is 12.1. The lowest BCUT2D eigenvalue weighted by molar-refractivity contribution is 0.601. The van der Waals surface area contributed by atoms with Gasteiger partial charge in [-0.2, -0.15) is 5.10 Å². The van der Waals surface area contributed by atoms with Gasteiger partial charge in [0, 0.05) is 19.3 Å². The van der Waals surface area contributed by atoms with Crippen molar-refractivity contribution in [2.24, 2.45) is 7.05 Å². The molecule has 92 valence electrons. The number of rotatable bonds is 6. The maximum atomic E-state index is 4.01. The standard InChI is InChI=1S/C11H18N6/c1-9-10(6-13-15-9)4-3-5-12-7-11-8-14-16-17(11)2/h6,8,12H,3-5,7H2,1-2H3,(H,13,15). The molecule has 2 heterocycles. The molecule has 2 aromatic heterocycles. The van der Waals surface area contributed by atoms with Crippen molar-refractivity contribution in [1.82, 2.24) is 30.5 Å². The smallest absolute Gasteiger partial charge is 0.0738 e. The monoisotopic (exact) mass is 234 g/mol. The van der Waals surface area contributed by atoms with Crippen LogP contribution in [0.2, 0.25) is 0 Å². The van der Waals surface area contributed by atoms with E-state index < -0.39 is 0 Å². The fourth-order valence-electron chi connectivity index (χ4n) is 1.72. The summed E-state index contributed by atoms with van der Waals surface area (Å²) < 4.78 is 1.78. The minimum absolute atomic E-state index is 0.813. The number of hydrogen-bond acceptors (Lipinski definition) is 4. The van der Waals surface area contributed by atoms with E-state index in [0.29, 0.717) is 0 Å². The van der Waals surface area contributed by atoms with Crippen molar-refractivity contribution >= 4 is 0 Å². The summed E-state index contributed by atoms with van der Waals surface area (Å²) in [6.45, 7) is 3.85. The Labute approximate surface area is 100 Å². The molecular weight excluding hydrogens is 216 g/mol. The molecule has 0 aliphatic rings. The second kappa shape index (κ2) is 5.58. The van der Waals surface area contributed by atoms with Gasteiger partial charge in [-0.15, -0.1) is 5.10 Å². The molecule has 0 radical (unpaired) electrons. The summed E-state index contributed by atoms with van der Waals surface area (Å²) in [5, 5.41) is 18.1. The third-order valence-electron chi connectivity index (χ3n) is 2.85. The third-order valence-corrected chi connectivity index (χ3v) is 2.85. The van der Waals surface area contributed by atoms with Crippen LogP contribution in [0.3, 0.4) is 0 Å². The van der Waals surface area contributed by atoms with E-state index in [1.807, 2.05) is 13.2 Å². The molecule has 0 spiro atoms. The molecule has 2 N–H and O–H groups in total. The first-order valence-corrected chi connectivity index (χ1v) is 5.80. The summed E-state index contributed by atoms with van der Waals surface area (Å²) >= 11 is 0. The summed E-state index contributed by atoms with van der Waals surface area (Å²) in [5.41, 5.74) is 3.57. The van der Waals surface area contributed by atoms with Crippen LogP contribution in [0.4, 0.5) is 0 Å². The van der Waals surface area contributed by atoms with Crippen LogP contribution < -0.4 is 5.32 Å². The topological polar surface area (TPSA) is 71.4 Å². The Hall–Kier alpha value is -1.69. The zero-order valence-corrected chi connectivity index (χ0v) is 10.3. The van der Waals surface area contributed by atoms with E-state index in [2.05, 4.69) is 32.7 Å². The molecule has 0 atom stereocenters. The van der Waals surface area contributed by atoms with Crippen molar-refractivity contribution in [1.29, 1.82) is 0 Å². The van der Waals surface area contributed by atoms with Gasteiger partial charge in [-0.05, 0) is 31.9 Å². The normalized spacial score (nSPS) is 10.9. The van der Waals surface area contributed by atoms with Gasteiger partial charge in [0.25, 0.3) is 0 Å². The SMILES string of the molecule is Cc1[nH]ncc1CCCNCc1cnnn1C. The van der Waals surface area contributed by atoms with Gasteiger partial charge in [-0.3, -0.25) is 9.78 Å². The molecule has 0 aliphatic heterocycles. The van der Waals surface area contributed by atoms with Gasteiger partial charge in [-0.25, -0.2) is 0 Å². The van der Waals surface area contributed by atoms with E-state index in [-0.39, 0.29) is 0 Å². The highest BCUT2D eigenvalue weighted by Crippen LogP contribution is 2.05. The molecule has 17 heavy (non-hydrogen) atoms. The summed E-state index contributed by atoms with van der Waals surface area (Å²) in [6, 6.07) is 0. The quantitative estimate of drug-likeness (QED) is 0.717. The lowest BCUT2D eigenvalue weighted by atomic mass is 10.1. The van der Waals surface area contributed by atoms with E-state index in [4.69, 9.17) is 0 Å². The highest BCUT2D eigenvalue weighted by Gasteiger charge is 2.01. The zero-order valence-electron chi connectivity index (χ0n) is 10.3. The van der Waals surface area contributed by atoms with Crippen LogP contribution in [0.15, 0.2) is 12.4 Å². The second-order valence-corrected chi connectivity index (χ2v) is 4.15. The van der Waals surface area contributed by atoms with Crippen LogP contribution in [0, 0.1) is 6.92 Å². The molecule has 2 aromatic rings. The number of aromatic nitrogens is 5. The van der Waals surface area contributed by atoms with Gasteiger partial charge in [0.05, 0.1) is 18.1 Å². The van der Waals surface area contributed by atoms with E-state index in [0.717, 1.165) is 31.6 Å². The van der Waals surface area contributed by atoms with Crippen molar-refractivity contribution < 1.29 is 0 Å². The molecule has 6 nitrogen and oxygen atoms in total. The van der Waals surface area contributed by atoms with Crippen molar-refractivity contribution in [2.45, 2.75) is 26.3 Å². The predicted molar refractivity (Wildman–Crippen MR) is 64.4 cm³/mol. The van der Waals surface area contributed by atoms with Gasteiger partial charge < -0.3 is 5.32 Å². The first-order chi connectivity index (χ1) is 8.27. The van der Waals surface area contributed by atoms with Crippen molar-refractivity contribution in [3.8, 4) is 0 Å². The Bertz CT molecular complexity index is 416. The van der Waals surface area contributed by atoms with Crippen LogP contribution in [0.1, 0.15) is 23.4 Å². The Morgan fingerprint density at radius 2 is 2.29 bits per heavy atom. The summed E-state index contributed by atoms with van der Waals surface area (Å²) in [7, 11) is 1.90. The minimum Gasteiger partial charge on any atom is -0.311 e. The number of aryl methyl sites for hydroxylation is 3. The van der Waals surface area contributed by atoms with Gasteiger partial charge >= 0.3 is 0 Å². The van der Waals surface area contributed by atoms with Crippen LogP contribution in [-0.2, 0) is 20.0 Å². The summed E-state index contributed by atoms with van der Waals surface area (Å²) in [5.74, 6) is 0. The van der Waals surface area contributed by atoms with Crippen molar-refractivity contribution in [2.75, 3.05) is 6.54 Å². The summed E-state index contributed by atoms with van der Waals surface area (Å²) in [4.78, 5) is 0. The van der Waals surface area contributed by atoms with Gasteiger partial charge in [0.2, 0.25) is 0 Å². The molecule has 0 saturated carbocycles. The molecule has 0 bridgehead atoms. The fourth-order valence-corrected chi connectivity index (χ4v) is 1.72. The van der Waals surface area contributed by atoms with E-state index in [9.17, 15) is 0 Å². The first-order valence-electron chi connectivity index (χ1n) is 5.80. The Balaban J connectivity index is 1.64. The van der Waals surface area contributed by atoms with Gasteiger partial charge in [-0.1, -0.05) is 5.21 Å². The Morgan fingerprint density at radius 3 is 2.94 bits per heavy atom. The molecule has 0 aromatic carbocycles. The van der Waals surface area contributed by atoms with E-state index >= 15 is 0 Å². The average molecular weight is 234 g/mol. The Kier molecular flexibility index (Phi) is 3.87. The first kappa shape index (κ1) is 11.8. The lowest BCUT2D eigenvalue weighted by Gasteiger charge is -2.04. The molecule has 0 aliphatic carbocycles. The van der Waals surface area contributed by atoms with Crippen LogP contribution in [0.5, 0.6) is 0 Å². The number of hydrogen-bond donors (Lipinski definition) is 2. The van der Waals surface area contributed by atoms with Gasteiger partial charge in [0.1, 0.15) is 0 Å². The van der Waals surface area contributed by atoms with Crippen LogP contribution in [0.25, 0.3) is 0 Å². The average Bonchev–Trinajstić information content (AvgIpc) is 2.89. The van der Waals surface area contributed by atoms with Crippen molar-refractivity contribution in [3.63, 3.8) is 0 Å². The maximum Gasteiger partial charge on any atom is 0.0738 e. The van der Waals surface area contributed by atoms with E-state index in [1.165, 1.54) is 11.3 Å². The molecule has 0 saturated heterocycles. The molecule has 6 heteroatoms. The third kappa shape index (κ3) is 3.13. The highest BCUT2D eigenvalue weighted by molar-refractivity contribution is 5.14. The van der Waals surface area contributed by atoms with Crippen LogP contribution >= 0.6 is 0 Å². The molecule has 0 amide bonds. The molecule has 0 unspecified atom stereocenters.